The van der Waals surface area contributed by atoms with Crippen molar-refractivity contribution in [2.45, 2.75) is 84.1 Å². The number of nitrogens with zero attached hydrogens (tertiary/aromatic N) is 2. The molecular weight excluding hydrogens is 474 g/mol. The van der Waals surface area contributed by atoms with Gasteiger partial charge in [0.2, 0.25) is 0 Å². The number of nitrogen functional groups attached to an aromatic ring is 1. The van der Waals surface area contributed by atoms with E-state index in [4.69, 9.17) is 5.73 Å². The third kappa shape index (κ3) is 6.80. The monoisotopic (exact) mass is 517 g/mol. The Morgan fingerprint density at radius 3 is 2.57 bits per heavy atom. The highest BCUT2D eigenvalue weighted by Gasteiger charge is 2.29. The second kappa shape index (κ2) is 12.1. The molecule has 2 aromatic carbocycles. The molecule has 1 fully saturated rings. The summed E-state index contributed by atoms with van der Waals surface area (Å²) in [7, 11) is 0. The molecule has 1 aromatic heterocycles. The second-order valence-corrected chi connectivity index (χ2v) is 13.0. The van der Waals surface area contributed by atoms with Crippen molar-refractivity contribution in [3.63, 3.8) is 0 Å². The summed E-state index contributed by atoms with van der Waals surface area (Å²) in [6, 6.07) is 15.1. The lowest BCUT2D eigenvalue weighted by Crippen LogP contribution is -2.41. The molecule has 0 saturated heterocycles. The van der Waals surface area contributed by atoms with Crippen LogP contribution in [-0.2, 0) is 12.8 Å². The molecule has 0 bridgehead atoms. The third-order valence-corrected chi connectivity index (χ3v) is 9.73. The van der Waals surface area contributed by atoms with E-state index in [1.165, 1.54) is 74.0 Å². The van der Waals surface area contributed by atoms with Gasteiger partial charge in [0, 0.05) is 22.9 Å². The minimum absolute atomic E-state index is 0.314. The number of aryl methyl sites for hydroxylation is 1. The Morgan fingerprint density at radius 2 is 1.78 bits per heavy atom. The van der Waals surface area contributed by atoms with Crippen molar-refractivity contribution in [3.05, 3.63) is 58.6 Å². The van der Waals surface area contributed by atoms with Crippen LogP contribution in [0.1, 0.15) is 86.1 Å². The molecule has 0 radical (unpaired) electrons. The van der Waals surface area contributed by atoms with Crippen LogP contribution >= 0.6 is 11.3 Å². The van der Waals surface area contributed by atoms with Crippen LogP contribution in [0, 0.1) is 17.8 Å². The van der Waals surface area contributed by atoms with E-state index in [0.29, 0.717) is 24.2 Å². The molecule has 2 N–H and O–H groups in total. The van der Waals surface area contributed by atoms with Crippen LogP contribution in [0.25, 0.3) is 10.8 Å². The van der Waals surface area contributed by atoms with Gasteiger partial charge in [-0.15, -0.1) is 11.3 Å². The number of nitrogens with two attached hydrogens (primary N) is 1. The predicted octanol–water partition coefficient (Wildman–Crippen LogP) is 7.55. The first kappa shape index (κ1) is 26.4. The quantitative estimate of drug-likeness (QED) is 0.282. The summed E-state index contributed by atoms with van der Waals surface area (Å²) in [5, 5.41) is 3.09. The lowest BCUT2D eigenvalue weighted by molar-refractivity contribution is 0.0937. The second-order valence-electron chi connectivity index (χ2n) is 11.9. The zero-order valence-electron chi connectivity index (χ0n) is 22.6. The van der Waals surface area contributed by atoms with Gasteiger partial charge in [-0.2, -0.15) is 0 Å². The fourth-order valence-corrected chi connectivity index (χ4v) is 7.36. The molecular formula is C32H43N3OS. The number of anilines is 1. The molecule has 37 heavy (non-hydrogen) atoms. The molecule has 4 nitrogen and oxygen atoms in total. The van der Waals surface area contributed by atoms with Crippen molar-refractivity contribution in [3.8, 4) is 0 Å². The maximum Gasteiger partial charge on any atom is 0.180 e. The van der Waals surface area contributed by atoms with Crippen LogP contribution in [-0.4, -0.2) is 34.8 Å². The molecule has 1 saturated carbocycles. The SMILES string of the molecule is CC(C)CCN(CCC1CCC(CC(=O)c2ccc3ccccc3c2)CC1)[C@H]1CCc2nc(N)sc2C1. The van der Waals surface area contributed by atoms with Crippen LogP contribution in [0.5, 0.6) is 0 Å². The Balaban J connectivity index is 1.11. The number of Topliss-reactive ketones (excluding diaryl/α,β-unsaturated/α-hetero) is 1. The molecule has 0 amide bonds. The summed E-state index contributed by atoms with van der Waals surface area (Å²) >= 11 is 1.70. The third-order valence-electron chi connectivity index (χ3n) is 8.78. The van der Waals surface area contributed by atoms with Gasteiger partial charge in [0.25, 0.3) is 0 Å². The largest absolute Gasteiger partial charge is 0.375 e. The summed E-state index contributed by atoms with van der Waals surface area (Å²) < 4.78 is 0. The highest BCUT2D eigenvalue weighted by Crippen LogP contribution is 2.35. The van der Waals surface area contributed by atoms with E-state index in [0.717, 1.165) is 40.8 Å². The zero-order chi connectivity index (χ0) is 25.8. The summed E-state index contributed by atoms with van der Waals surface area (Å²) in [6.07, 6.45) is 11.6. The number of rotatable bonds is 10. The molecule has 2 aliphatic carbocycles. The van der Waals surface area contributed by atoms with Gasteiger partial charge in [0.1, 0.15) is 0 Å². The Labute approximate surface area is 226 Å². The minimum atomic E-state index is 0.314. The summed E-state index contributed by atoms with van der Waals surface area (Å²) in [5.41, 5.74) is 8.13. The number of hydrogen-bond acceptors (Lipinski definition) is 5. The molecule has 0 spiro atoms. The first-order valence-corrected chi connectivity index (χ1v) is 15.3. The zero-order valence-corrected chi connectivity index (χ0v) is 23.4. The lowest BCUT2D eigenvalue weighted by atomic mass is 9.78. The molecule has 0 unspecified atom stereocenters. The topological polar surface area (TPSA) is 59.2 Å². The molecule has 2 aliphatic rings. The average Bonchev–Trinajstić information content (AvgIpc) is 3.28. The first-order chi connectivity index (χ1) is 17.9. The number of fused-ring (bicyclic) bond motifs is 2. The molecule has 5 heteroatoms. The number of thiazole rings is 1. The molecule has 3 aromatic rings. The predicted molar refractivity (Wildman–Crippen MR) is 156 cm³/mol. The number of ketones is 1. The van der Waals surface area contributed by atoms with Gasteiger partial charge in [-0.1, -0.05) is 63.1 Å². The van der Waals surface area contributed by atoms with Crippen molar-refractivity contribution < 1.29 is 4.79 Å². The van der Waals surface area contributed by atoms with Crippen LogP contribution < -0.4 is 5.73 Å². The molecule has 1 heterocycles. The minimum Gasteiger partial charge on any atom is -0.375 e. The molecule has 1 atom stereocenters. The summed E-state index contributed by atoms with van der Waals surface area (Å²) in [5.74, 6) is 2.39. The lowest BCUT2D eigenvalue weighted by Gasteiger charge is -2.36. The van der Waals surface area contributed by atoms with Gasteiger partial charge in [0.15, 0.2) is 10.9 Å². The number of hydrogen-bond donors (Lipinski definition) is 1. The van der Waals surface area contributed by atoms with Crippen molar-refractivity contribution in [2.24, 2.45) is 17.8 Å². The highest BCUT2D eigenvalue weighted by molar-refractivity contribution is 7.15. The van der Waals surface area contributed by atoms with Gasteiger partial charge >= 0.3 is 0 Å². The highest BCUT2D eigenvalue weighted by atomic mass is 32.1. The Hall–Kier alpha value is -2.24. The number of carbonyl (C=O) groups excluding carboxylic acids is 1. The molecule has 0 aliphatic heterocycles. The Kier molecular flexibility index (Phi) is 8.61. The number of carbonyl (C=O) groups is 1. The average molecular weight is 518 g/mol. The van der Waals surface area contributed by atoms with Crippen molar-refractivity contribution in [2.75, 3.05) is 18.8 Å². The fraction of sp³-hybridized carbons (Fsp3) is 0.562. The number of benzene rings is 2. The first-order valence-electron chi connectivity index (χ1n) is 14.4. The Morgan fingerprint density at radius 1 is 1.03 bits per heavy atom. The van der Waals surface area contributed by atoms with E-state index in [1.807, 2.05) is 18.2 Å². The van der Waals surface area contributed by atoms with Crippen molar-refractivity contribution in [1.82, 2.24) is 9.88 Å². The van der Waals surface area contributed by atoms with Gasteiger partial charge in [-0.3, -0.25) is 9.69 Å². The number of aromatic nitrogens is 1. The van der Waals surface area contributed by atoms with E-state index in [-0.39, 0.29) is 0 Å². The van der Waals surface area contributed by atoms with Crippen LogP contribution in [0.4, 0.5) is 5.13 Å². The van der Waals surface area contributed by atoms with E-state index >= 15 is 0 Å². The van der Waals surface area contributed by atoms with E-state index in [2.05, 4.69) is 48.0 Å². The van der Waals surface area contributed by atoms with E-state index in [1.54, 1.807) is 11.3 Å². The van der Waals surface area contributed by atoms with Crippen LogP contribution in [0.2, 0.25) is 0 Å². The van der Waals surface area contributed by atoms with Crippen LogP contribution in [0.3, 0.4) is 0 Å². The van der Waals surface area contributed by atoms with E-state index in [9.17, 15) is 4.79 Å². The van der Waals surface area contributed by atoms with E-state index < -0.39 is 0 Å². The normalized spacial score (nSPS) is 22.0. The van der Waals surface area contributed by atoms with Gasteiger partial charge in [-0.25, -0.2) is 4.98 Å². The van der Waals surface area contributed by atoms with Gasteiger partial charge in [-0.05, 0) is 92.6 Å². The standard InChI is InChI=1S/C32H43N3OS/c1-22(2)15-17-35(28-13-14-29-31(21-28)37-32(33)34-29)18-16-23-7-9-24(10-8-23)19-30(36)27-12-11-25-5-3-4-6-26(25)20-27/h3-6,11-12,20,22-24,28H,7-10,13-19,21H2,1-2H3,(H2,33,34)/t23?,24?,28-/m0/s1. The van der Waals surface area contributed by atoms with Crippen LogP contribution in [0.15, 0.2) is 42.5 Å². The summed E-state index contributed by atoms with van der Waals surface area (Å²) in [6.45, 7) is 7.07. The molecule has 198 valence electrons. The van der Waals surface area contributed by atoms with Gasteiger partial charge in [0.05, 0.1) is 5.69 Å². The van der Waals surface area contributed by atoms with Gasteiger partial charge < -0.3 is 5.73 Å². The Bertz CT molecular complexity index is 1190. The maximum atomic E-state index is 13.0. The fourth-order valence-electron chi connectivity index (χ4n) is 6.41. The smallest absolute Gasteiger partial charge is 0.180 e. The molecule has 5 rings (SSSR count). The maximum absolute atomic E-state index is 13.0. The van der Waals surface area contributed by atoms with Crippen molar-refractivity contribution >= 4 is 33.0 Å². The van der Waals surface area contributed by atoms with Crippen molar-refractivity contribution in [1.29, 1.82) is 0 Å². The summed E-state index contributed by atoms with van der Waals surface area (Å²) in [4.78, 5) is 21.8.